The number of benzene rings is 1. The lowest BCUT2D eigenvalue weighted by atomic mass is 10.1. The van der Waals surface area contributed by atoms with Crippen molar-refractivity contribution in [3.63, 3.8) is 0 Å². The summed E-state index contributed by atoms with van der Waals surface area (Å²) in [6.07, 6.45) is -0.611. The summed E-state index contributed by atoms with van der Waals surface area (Å²) in [7, 11) is 0. The Kier molecular flexibility index (Phi) is 3.24. The van der Waals surface area contributed by atoms with Gasteiger partial charge in [-0.05, 0) is 5.56 Å². The van der Waals surface area contributed by atoms with Gasteiger partial charge < -0.3 is 10.1 Å². The van der Waals surface area contributed by atoms with Crippen LogP contribution in [0.2, 0.25) is 0 Å². The number of nitrogens with two attached hydrogens (primary N) is 1. The van der Waals surface area contributed by atoms with Crippen LogP contribution in [0.25, 0.3) is 0 Å². The summed E-state index contributed by atoms with van der Waals surface area (Å²) >= 11 is 0. The number of ether oxygens (including phenoxy) is 1. The largest absolute Gasteiger partial charge is 0.445 e. The number of nitrogens with zero attached hydrogens (tertiary/aromatic N) is 1. The van der Waals surface area contributed by atoms with E-state index >= 15 is 0 Å². The first-order chi connectivity index (χ1) is 8.16. The predicted molar refractivity (Wildman–Crippen MR) is 59.5 cm³/mol. The minimum absolute atomic E-state index is 0.180. The van der Waals surface area contributed by atoms with Crippen molar-refractivity contribution >= 4 is 12.0 Å². The van der Waals surface area contributed by atoms with Gasteiger partial charge in [-0.1, -0.05) is 30.3 Å². The molecule has 0 aliphatic carbocycles. The number of carbonyl (C=O) groups is 2. The van der Waals surface area contributed by atoms with Crippen molar-refractivity contribution in [1.82, 2.24) is 10.3 Å². The Bertz CT molecular complexity index is 421. The molecule has 0 aromatic heterocycles. The van der Waals surface area contributed by atoms with Gasteiger partial charge in [0.1, 0.15) is 12.6 Å². The van der Waals surface area contributed by atoms with Crippen LogP contribution in [-0.4, -0.2) is 29.6 Å². The van der Waals surface area contributed by atoms with Crippen molar-refractivity contribution in [1.29, 1.82) is 0 Å². The molecule has 1 heterocycles. The molecule has 1 fully saturated rings. The number of amides is 2. The molecular weight excluding hydrogens is 222 g/mol. The lowest BCUT2D eigenvalue weighted by Gasteiger charge is -2.34. The fourth-order valence-corrected chi connectivity index (χ4v) is 1.47. The Morgan fingerprint density at radius 2 is 2.18 bits per heavy atom. The van der Waals surface area contributed by atoms with E-state index in [1.165, 1.54) is 0 Å². The summed E-state index contributed by atoms with van der Waals surface area (Å²) < 4.78 is 4.96. The lowest BCUT2D eigenvalue weighted by molar-refractivity contribution is -0.144. The Labute approximate surface area is 98.3 Å². The van der Waals surface area contributed by atoms with Crippen LogP contribution < -0.4 is 11.2 Å². The molecule has 6 nitrogen and oxygen atoms in total. The van der Waals surface area contributed by atoms with Gasteiger partial charge >= 0.3 is 6.09 Å². The van der Waals surface area contributed by atoms with Crippen LogP contribution in [-0.2, 0) is 16.1 Å². The molecule has 0 unspecified atom stereocenters. The highest BCUT2D eigenvalue weighted by atomic mass is 16.5. The van der Waals surface area contributed by atoms with Gasteiger partial charge in [0.25, 0.3) is 5.91 Å². The van der Waals surface area contributed by atoms with Crippen LogP contribution in [0.1, 0.15) is 5.56 Å². The fourth-order valence-electron chi connectivity index (χ4n) is 1.47. The molecule has 6 heteroatoms. The standard InChI is InChI=1S/C11H13N3O3/c12-14-6-9(10(14)15)13-11(16)17-7-8-4-2-1-3-5-8/h1-5,9H,6-7,12H2,(H,13,16)/t9-/m0/s1. The third kappa shape index (κ3) is 2.73. The lowest BCUT2D eigenvalue weighted by Crippen LogP contribution is -2.66. The van der Waals surface area contributed by atoms with Gasteiger partial charge in [-0.2, -0.15) is 0 Å². The van der Waals surface area contributed by atoms with E-state index < -0.39 is 12.1 Å². The van der Waals surface area contributed by atoms with E-state index in [0.29, 0.717) is 6.54 Å². The van der Waals surface area contributed by atoms with E-state index in [9.17, 15) is 9.59 Å². The zero-order valence-corrected chi connectivity index (χ0v) is 9.13. The van der Waals surface area contributed by atoms with E-state index in [-0.39, 0.29) is 12.5 Å². The van der Waals surface area contributed by atoms with Crippen molar-refractivity contribution in [2.75, 3.05) is 6.54 Å². The predicted octanol–water partition coefficient (Wildman–Crippen LogP) is -0.00270. The van der Waals surface area contributed by atoms with Crippen LogP contribution in [0.5, 0.6) is 0 Å². The number of hydrazine groups is 1. The number of β-lactam (4-membered cyclic amide) rings is 1. The third-order valence-corrected chi connectivity index (χ3v) is 2.47. The van der Waals surface area contributed by atoms with Crippen LogP contribution in [0.15, 0.2) is 30.3 Å². The second kappa shape index (κ2) is 4.84. The van der Waals surface area contributed by atoms with Gasteiger partial charge in [0.2, 0.25) is 0 Å². The van der Waals surface area contributed by atoms with Crippen molar-refractivity contribution in [3.8, 4) is 0 Å². The number of carbonyl (C=O) groups excluding carboxylic acids is 2. The average molecular weight is 235 g/mol. The first-order valence-electron chi connectivity index (χ1n) is 5.20. The normalized spacial score (nSPS) is 18.5. The Morgan fingerprint density at radius 1 is 1.47 bits per heavy atom. The minimum Gasteiger partial charge on any atom is -0.445 e. The van der Waals surface area contributed by atoms with Gasteiger partial charge in [0.05, 0.1) is 6.54 Å². The van der Waals surface area contributed by atoms with Crippen molar-refractivity contribution in [2.24, 2.45) is 5.84 Å². The van der Waals surface area contributed by atoms with E-state index in [0.717, 1.165) is 10.6 Å². The maximum absolute atomic E-state index is 11.3. The minimum atomic E-state index is -0.611. The van der Waals surface area contributed by atoms with E-state index in [1.807, 2.05) is 30.3 Å². The first kappa shape index (κ1) is 11.4. The highest BCUT2D eigenvalue weighted by Crippen LogP contribution is 2.05. The van der Waals surface area contributed by atoms with Gasteiger partial charge in [0.15, 0.2) is 0 Å². The van der Waals surface area contributed by atoms with E-state index in [2.05, 4.69) is 5.32 Å². The monoisotopic (exact) mass is 235 g/mol. The van der Waals surface area contributed by atoms with Crippen LogP contribution in [0.4, 0.5) is 4.79 Å². The van der Waals surface area contributed by atoms with Crippen molar-refractivity contribution in [2.45, 2.75) is 12.6 Å². The second-order valence-corrected chi connectivity index (χ2v) is 3.75. The summed E-state index contributed by atoms with van der Waals surface area (Å²) in [4.78, 5) is 22.4. The third-order valence-electron chi connectivity index (χ3n) is 2.47. The molecule has 1 aromatic rings. The molecule has 0 radical (unpaired) electrons. The highest BCUT2D eigenvalue weighted by Gasteiger charge is 2.36. The van der Waals surface area contributed by atoms with Gasteiger partial charge in [-0.3, -0.25) is 9.80 Å². The fraction of sp³-hybridized carbons (Fsp3) is 0.273. The molecule has 1 saturated heterocycles. The number of alkyl carbamates (subject to hydrolysis) is 1. The number of nitrogens with one attached hydrogen (secondary N) is 1. The topological polar surface area (TPSA) is 84.7 Å². The zero-order chi connectivity index (χ0) is 12.3. The number of rotatable bonds is 3. The Hall–Kier alpha value is -2.08. The molecule has 0 bridgehead atoms. The summed E-state index contributed by atoms with van der Waals surface area (Å²) in [5.74, 6) is 4.94. The van der Waals surface area contributed by atoms with Gasteiger partial charge in [0, 0.05) is 0 Å². The van der Waals surface area contributed by atoms with Crippen molar-refractivity contribution < 1.29 is 14.3 Å². The van der Waals surface area contributed by atoms with Gasteiger partial charge in [-0.25, -0.2) is 10.6 Å². The quantitative estimate of drug-likeness (QED) is 0.438. The molecule has 1 aliphatic rings. The molecule has 2 amide bonds. The molecule has 1 aliphatic heterocycles. The molecule has 17 heavy (non-hydrogen) atoms. The summed E-state index contributed by atoms with van der Waals surface area (Å²) in [6.45, 7) is 0.499. The molecule has 0 spiro atoms. The SMILES string of the molecule is NN1C[C@H](NC(=O)OCc2ccccc2)C1=O. The summed E-state index contributed by atoms with van der Waals surface area (Å²) in [6, 6.07) is 8.75. The van der Waals surface area contributed by atoms with Crippen LogP contribution in [0, 0.1) is 0 Å². The average Bonchev–Trinajstić information content (AvgIpc) is 2.37. The molecule has 1 atom stereocenters. The molecule has 3 N–H and O–H groups in total. The molecule has 90 valence electrons. The Balaban J connectivity index is 1.73. The highest BCUT2D eigenvalue weighted by molar-refractivity contribution is 5.90. The number of hydrogen-bond acceptors (Lipinski definition) is 4. The second-order valence-electron chi connectivity index (χ2n) is 3.75. The van der Waals surface area contributed by atoms with Crippen LogP contribution in [0.3, 0.4) is 0 Å². The Morgan fingerprint density at radius 3 is 2.76 bits per heavy atom. The first-order valence-corrected chi connectivity index (χ1v) is 5.20. The summed E-state index contributed by atoms with van der Waals surface area (Å²) in [5, 5.41) is 3.48. The molecular formula is C11H13N3O3. The van der Waals surface area contributed by atoms with Crippen LogP contribution >= 0.6 is 0 Å². The molecule has 2 rings (SSSR count). The maximum atomic E-state index is 11.3. The van der Waals surface area contributed by atoms with E-state index in [4.69, 9.17) is 10.6 Å². The van der Waals surface area contributed by atoms with Gasteiger partial charge in [-0.15, -0.1) is 0 Å². The van der Waals surface area contributed by atoms with E-state index in [1.54, 1.807) is 0 Å². The molecule has 1 aromatic carbocycles. The maximum Gasteiger partial charge on any atom is 0.408 e. The summed E-state index contributed by atoms with van der Waals surface area (Å²) in [5.41, 5.74) is 0.892. The van der Waals surface area contributed by atoms with Crippen molar-refractivity contribution in [3.05, 3.63) is 35.9 Å². The smallest absolute Gasteiger partial charge is 0.408 e. The zero-order valence-electron chi connectivity index (χ0n) is 9.13. The number of hydrogen-bond donors (Lipinski definition) is 2. The molecule has 0 saturated carbocycles.